The predicted octanol–water partition coefficient (Wildman–Crippen LogP) is 1.53. The second-order valence-electron chi connectivity index (χ2n) is 4.11. The number of fused-ring (bicyclic) bond motifs is 1. The molecule has 0 bridgehead atoms. The molecule has 1 N–H and O–H groups in total. The standard InChI is InChI=1S/C13H15N3O/c1-17-13-5-3-2-4-12(13)16-9-15-10-8-14-7-6-11(10)16/h2-5,9,14H,6-8H2,1H3. The maximum Gasteiger partial charge on any atom is 0.142 e. The summed E-state index contributed by atoms with van der Waals surface area (Å²) in [6.45, 7) is 1.87. The molecule has 0 saturated heterocycles. The molecule has 17 heavy (non-hydrogen) atoms. The third-order valence-electron chi connectivity index (χ3n) is 3.13. The first-order valence-electron chi connectivity index (χ1n) is 5.79. The maximum absolute atomic E-state index is 5.40. The molecule has 0 atom stereocenters. The summed E-state index contributed by atoms with van der Waals surface area (Å²) in [5.74, 6) is 0.881. The first-order chi connectivity index (χ1) is 8.40. The number of hydrogen-bond donors (Lipinski definition) is 1. The van der Waals surface area contributed by atoms with E-state index in [1.807, 2.05) is 24.5 Å². The lowest BCUT2D eigenvalue weighted by molar-refractivity contribution is 0.412. The predicted molar refractivity (Wildman–Crippen MR) is 65.5 cm³/mol. The molecule has 0 fully saturated rings. The lowest BCUT2D eigenvalue weighted by Crippen LogP contribution is -2.24. The van der Waals surface area contributed by atoms with Crippen molar-refractivity contribution in [2.24, 2.45) is 0 Å². The number of nitrogens with zero attached hydrogens (tertiary/aromatic N) is 2. The molecule has 0 amide bonds. The molecule has 0 aliphatic carbocycles. The van der Waals surface area contributed by atoms with Gasteiger partial charge in [-0.2, -0.15) is 0 Å². The topological polar surface area (TPSA) is 39.1 Å². The van der Waals surface area contributed by atoms with Crippen molar-refractivity contribution in [1.82, 2.24) is 14.9 Å². The van der Waals surface area contributed by atoms with E-state index in [1.165, 1.54) is 5.69 Å². The van der Waals surface area contributed by atoms with Crippen LogP contribution in [0.3, 0.4) is 0 Å². The molecule has 0 saturated carbocycles. The summed E-state index contributed by atoms with van der Waals surface area (Å²) in [4.78, 5) is 4.45. The average Bonchev–Trinajstić information content (AvgIpc) is 2.82. The van der Waals surface area contributed by atoms with Gasteiger partial charge in [-0.3, -0.25) is 4.57 Å². The highest BCUT2D eigenvalue weighted by molar-refractivity contribution is 5.48. The van der Waals surface area contributed by atoms with E-state index in [0.717, 1.165) is 36.6 Å². The maximum atomic E-state index is 5.40. The minimum Gasteiger partial charge on any atom is -0.495 e. The van der Waals surface area contributed by atoms with Crippen LogP contribution in [-0.4, -0.2) is 23.2 Å². The molecule has 88 valence electrons. The summed E-state index contributed by atoms with van der Waals surface area (Å²) in [5, 5.41) is 3.33. The van der Waals surface area contributed by atoms with Gasteiger partial charge in [0.25, 0.3) is 0 Å². The summed E-state index contributed by atoms with van der Waals surface area (Å²) < 4.78 is 7.53. The Morgan fingerprint density at radius 3 is 3.12 bits per heavy atom. The average molecular weight is 229 g/mol. The molecule has 2 aromatic rings. The lowest BCUT2D eigenvalue weighted by atomic mass is 10.1. The van der Waals surface area contributed by atoms with E-state index in [4.69, 9.17) is 4.74 Å². The molecule has 4 nitrogen and oxygen atoms in total. The van der Waals surface area contributed by atoms with Crippen molar-refractivity contribution in [2.45, 2.75) is 13.0 Å². The van der Waals surface area contributed by atoms with E-state index in [1.54, 1.807) is 7.11 Å². The number of aromatic nitrogens is 2. The minimum absolute atomic E-state index is 0.859. The monoisotopic (exact) mass is 229 g/mol. The van der Waals surface area contributed by atoms with Gasteiger partial charge in [-0.05, 0) is 12.1 Å². The van der Waals surface area contributed by atoms with Crippen LogP contribution >= 0.6 is 0 Å². The largest absolute Gasteiger partial charge is 0.495 e. The summed E-state index contributed by atoms with van der Waals surface area (Å²) in [7, 11) is 1.70. The van der Waals surface area contributed by atoms with Gasteiger partial charge in [0.1, 0.15) is 5.75 Å². The van der Waals surface area contributed by atoms with E-state index in [9.17, 15) is 0 Å². The number of rotatable bonds is 2. The smallest absolute Gasteiger partial charge is 0.142 e. The highest BCUT2D eigenvalue weighted by Gasteiger charge is 2.17. The fourth-order valence-corrected chi connectivity index (χ4v) is 2.27. The molecule has 1 aliphatic rings. The van der Waals surface area contributed by atoms with Gasteiger partial charge in [-0.15, -0.1) is 0 Å². The molecule has 0 spiro atoms. The number of ether oxygens (including phenoxy) is 1. The second-order valence-corrected chi connectivity index (χ2v) is 4.11. The molecular formula is C13H15N3O. The molecule has 0 radical (unpaired) electrons. The van der Waals surface area contributed by atoms with Crippen LogP contribution in [0.1, 0.15) is 11.4 Å². The zero-order valence-corrected chi connectivity index (χ0v) is 9.81. The molecule has 1 aliphatic heterocycles. The van der Waals surface area contributed by atoms with Crippen LogP contribution in [0, 0.1) is 0 Å². The van der Waals surface area contributed by atoms with Gasteiger partial charge in [-0.1, -0.05) is 12.1 Å². The van der Waals surface area contributed by atoms with Crippen molar-refractivity contribution in [2.75, 3.05) is 13.7 Å². The summed E-state index contributed by atoms with van der Waals surface area (Å²) in [6, 6.07) is 8.03. The van der Waals surface area contributed by atoms with Crippen LogP contribution in [0.15, 0.2) is 30.6 Å². The number of methoxy groups -OCH3 is 1. The van der Waals surface area contributed by atoms with Crippen molar-refractivity contribution in [1.29, 1.82) is 0 Å². The second kappa shape index (κ2) is 4.22. The Morgan fingerprint density at radius 1 is 1.35 bits per heavy atom. The van der Waals surface area contributed by atoms with Gasteiger partial charge in [0, 0.05) is 25.2 Å². The number of para-hydroxylation sites is 2. The molecule has 2 heterocycles. The molecule has 3 rings (SSSR count). The SMILES string of the molecule is COc1ccccc1-n1cnc2c1CCNC2. The Morgan fingerprint density at radius 2 is 2.24 bits per heavy atom. The van der Waals surface area contributed by atoms with E-state index in [0.29, 0.717) is 0 Å². The highest BCUT2D eigenvalue weighted by Crippen LogP contribution is 2.25. The number of nitrogens with one attached hydrogen (secondary N) is 1. The van der Waals surface area contributed by atoms with Gasteiger partial charge in [0.05, 0.1) is 24.8 Å². The fourth-order valence-electron chi connectivity index (χ4n) is 2.27. The van der Waals surface area contributed by atoms with Crippen molar-refractivity contribution >= 4 is 0 Å². The van der Waals surface area contributed by atoms with Crippen LogP contribution in [0.2, 0.25) is 0 Å². The summed E-state index contributed by atoms with van der Waals surface area (Å²) >= 11 is 0. The lowest BCUT2D eigenvalue weighted by Gasteiger charge is -2.16. The minimum atomic E-state index is 0.859. The summed E-state index contributed by atoms with van der Waals surface area (Å²) in [6.07, 6.45) is 2.89. The van der Waals surface area contributed by atoms with Crippen LogP contribution in [0.5, 0.6) is 5.75 Å². The Hall–Kier alpha value is -1.81. The number of benzene rings is 1. The molecule has 4 heteroatoms. The van der Waals surface area contributed by atoms with Gasteiger partial charge >= 0.3 is 0 Å². The van der Waals surface area contributed by atoms with Crippen molar-refractivity contribution in [3.8, 4) is 11.4 Å². The van der Waals surface area contributed by atoms with E-state index in [-0.39, 0.29) is 0 Å². The molecule has 0 unspecified atom stereocenters. The quantitative estimate of drug-likeness (QED) is 0.848. The zero-order chi connectivity index (χ0) is 11.7. The first kappa shape index (κ1) is 10.4. The van der Waals surface area contributed by atoms with Crippen molar-refractivity contribution in [3.63, 3.8) is 0 Å². The molecule has 1 aromatic heterocycles. The first-order valence-corrected chi connectivity index (χ1v) is 5.79. The molecule has 1 aromatic carbocycles. The van der Waals surface area contributed by atoms with Crippen LogP contribution in [0.25, 0.3) is 5.69 Å². The van der Waals surface area contributed by atoms with E-state index in [2.05, 4.69) is 20.9 Å². The Kier molecular flexibility index (Phi) is 2.57. The van der Waals surface area contributed by atoms with E-state index < -0.39 is 0 Å². The Bertz CT molecular complexity index is 533. The van der Waals surface area contributed by atoms with E-state index >= 15 is 0 Å². The summed E-state index contributed by atoms with van der Waals surface area (Å²) in [5.41, 5.74) is 3.49. The zero-order valence-electron chi connectivity index (χ0n) is 9.81. The third kappa shape index (κ3) is 1.70. The fraction of sp³-hybridized carbons (Fsp3) is 0.308. The Balaban J connectivity index is 2.12. The van der Waals surface area contributed by atoms with Gasteiger partial charge in [0.2, 0.25) is 0 Å². The molecular weight excluding hydrogens is 214 g/mol. The van der Waals surface area contributed by atoms with Crippen molar-refractivity contribution < 1.29 is 4.74 Å². The van der Waals surface area contributed by atoms with Crippen LogP contribution in [0.4, 0.5) is 0 Å². The highest BCUT2D eigenvalue weighted by atomic mass is 16.5. The number of hydrogen-bond acceptors (Lipinski definition) is 3. The normalized spacial score (nSPS) is 14.4. The Labute approximate surface area is 100 Å². The third-order valence-corrected chi connectivity index (χ3v) is 3.13. The van der Waals surface area contributed by atoms with Crippen molar-refractivity contribution in [3.05, 3.63) is 42.0 Å². The van der Waals surface area contributed by atoms with Crippen LogP contribution < -0.4 is 10.1 Å². The van der Waals surface area contributed by atoms with Gasteiger partial charge < -0.3 is 10.1 Å². The number of imidazole rings is 1. The van der Waals surface area contributed by atoms with Gasteiger partial charge in [-0.25, -0.2) is 4.98 Å². The van der Waals surface area contributed by atoms with Gasteiger partial charge in [0.15, 0.2) is 0 Å². The van der Waals surface area contributed by atoms with Crippen LogP contribution in [-0.2, 0) is 13.0 Å².